The van der Waals surface area contributed by atoms with Crippen LogP contribution in [0.4, 0.5) is 8.78 Å². The van der Waals surface area contributed by atoms with Crippen LogP contribution in [0.3, 0.4) is 0 Å². The zero-order valence-electron chi connectivity index (χ0n) is 6.15. The minimum absolute atomic E-state index is 0.0327. The second-order valence-electron chi connectivity index (χ2n) is 2.96. The Bertz CT molecular complexity index is 170. The average molecular weight is 179 g/mol. The number of rotatable bonds is 1. The lowest BCUT2D eigenvalue weighted by Crippen LogP contribution is -2.39. The average Bonchev–Trinajstić information content (AvgIpc) is 1.85. The highest BCUT2D eigenvalue weighted by atomic mass is 32.1. The van der Waals surface area contributed by atoms with Crippen LogP contribution in [0.2, 0.25) is 0 Å². The van der Waals surface area contributed by atoms with Gasteiger partial charge in [-0.3, -0.25) is 0 Å². The molecule has 0 aromatic carbocycles. The summed E-state index contributed by atoms with van der Waals surface area (Å²) in [5.74, 6) is -3.50. The van der Waals surface area contributed by atoms with E-state index in [0.29, 0.717) is 12.8 Å². The maximum Gasteiger partial charge on any atom is 0.257 e. The van der Waals surface area contributed by atoms with E-state index in [1.807, 2.05) is 0 Å². The molecule has 0 saturated heterocycles. The first-order valence-corrected chi connectivity index (χ1v) is 4.12. The summed E-state index contributed by atoms with van der Waals surface area (Å²) < 4.78 is 25.9. The molecule has 0 spiro atoms. The molecule has 0 aliphatic heterocycles. The molecule has 1 aliphatic rings. The van der Waals surface area contributed by atoms with Gasteiger partial charge in [-0.15, -0.1) is 0 Å². The smallest absolute Gasteiger partial charge is 0.257 e. The Kier molecular flexibility index (Phi) is 2.42. The lowest BCUT2D eigenvalue weighted by molar-refractivity contribution is -0.0596. The molecule has 64 valence electrons. The Morgan fingerprint density at radius 1 is 1.45 bits per heavy atom. The van der Waals surface area contributed by atoms with Gasteiger partial charge in [0.15, 0.2) is 0 Å². The lowest BCUT2D eigenvalue weighted by atomic mass is 9.85. The summed E-state index contributed by atoms with van der Waals surface area (Å²) in [5.41, 5.74) is 5.19. The molecule has 0 bridgehead atoms. The fraction of sp³-hybridized carbons (Fsp3) is 0.857. The normalized spacial score (nSPS) is 29.8. The predicted octanol–water partition coefficient (Wildman–Crippen LogP) is 2.10. The van der Waals surface area contributed by atoms with Crippen LogP contribution in [0, 0.1) is 5.92 Å². The van der Waals surface area contributed by atoms with Gasteiger partial charge in [0.25, 0.3) is 5.92 Å². The number of alkyl halides is 2. The summed E-state index contributed by atoms with van der Waals surface area (Å²) in [6, 6.07) is 0. The van der Waals surface area contributed by atoms with E-state index in [1.165, 1.54) is 0 Å². The summed E-state index contributed by atoms with van der Waals surface area (Å²) >= 11 is 4.56. The van der Waals surface area contributed by atoms with Crippen LogP contribution in [-0.4, -0.2) is 10.9 Å². The molecule has 1 aliphatic carbocycles. The molecule has 0 aromatic heterocycles. The maximum absolute atomic E-state index is 13.0. The van der Waals surface area contributed by atoms with Crippen molar-refractivity contribution in [2.24, 2.45) is 11.7 Å². The third-order valence-corrected chi connectivity index (χ3v) is 2.39. The Balaban J connectivity index is 2.67. The van der Waals surface area contributed by atoms with Crippen molar-refractivity contribution in [3.8, 4) is 0 Å². The van der Waals surface area contributed by atoms with Gasteiger partial charge in [-0.05, 0) is 12.8 Å². The van der Waals surface area contributed by atoms with E-state index in [0.717, 1.165) is 6.42 Å². The van der Waals surface area contributed by atoms with Crippen LogP contribution in [0.25, 0.3) is 0 Å². The molecular formula is C7H11F2NS. The number of hydrogen-bond donors (Lipinski definition) is 1. The fourth-order valence-electron chi connectivity index (χ4n) is 1.44. The molecule has 0 heterocycles. The molecule has 1 fully saturated rings. The molecule has 4 heteroatoms. The quantitative estimate of drug-likeness (QED) is 0.624. The zero-order chi connectivity index (χ0) is 8.48. The first-order valence-electron chi connectivity index (χ1n) is 3.71. The second-order valence-corrected chi connectivity index (χ2v) is 3.43. The Hall–Kier alpha value is -0.250. The molecule has 11 heavy (non-hydrogen) atoms. The highest BCUT2D eigenvalue weighted by Gasteiger charge is 2.42. The molecule has 1 saturated carbocycles. The van der Waals surface area contributed by atoms with Gasteiger partial charge in [-0.2, -0.15) is 0 Å². The van der Waals surface area contributed by atoms with Gasteiger partial charge in [0, 0.05) is 6.42 Å². The topological polar surface area (TPSA) is 26.0 Å². The maximum atomic E-state index is 13.0. The molecule has 0 aromatic rings. The Morgan fingerprint density at radius 2 is 2.09 bits per heavy atom. The van der Waals surface area contributed by atoms with Crippen LogP contribution < -0.4 is 5.73 Å². The van der Waals surface area contributed by atoms with E-state index in [4.69, 9.17) is 5.73 Å². The second kappa shape index (κ2) is 3.01. The summed E-state index contributed by atoms with van der Waals surface area (Å²) in [7, 11) is 0. The third kappa shape index (κ3) is 1.86. The third-order valence-electron chi connectivity index (χ3n) is 2.11. The van der Waals surface area contributed by atoms with Gasteiger partial charge >= 0.3 is 0 Å². The Labute approximate surface area is 70.0 Å². The number of nitrogens with two attached hydrogens (primary N) is 1. The monoisotopic (exact) mass is 179 g/mol. The van der Waals surface area contributed by atoms with Crippen LogP contribution in [0.5, 0.6) is 0 Å². The van der Waals surface area contributed by atoms with Gasteiger partial charge in [0.1, 0.15) is 0 Å². The molecular weight excluding hydrogens is 168 g/mol. The van der Waals surface area contributed by atoms with Crippen LogP contribution in [0.1, 0.15) is 25.7 Å². The van der Waals surface area contributed by atoms with Crippen LogP contribution in [-0.2, 0) is 0 Å². The van der Waals surface area contributed by atoms with Gasteiger partial charge in [-0.25, -0.2) is 8.78 Å². The van der Waals surface area contributed by atoms with Crippen molar-refractivity contribution in [2.75, 3.05) is 0 Å². The summed E-state index contributed by atoms with van der Waals surface area (Å²) in [5, 5.41) is 0. The summed E-state index contributed by atoms with van der Waals surface area (Å²) in [6.45, 7) is 0. The molecule has 0 amide bonds. The molecule has 2 N–H and O–H groups in total. The van der Waals surface area contributed by atoms with E-state index >= 15 is 0 Å². The number of thiocarbonyl (C=S) groups is 1. The van der Waals surface area contributed by atoms with Gasteiger partial charge in [0.05, 0.1) is 10.9 Å². The van der Waals surface area contributed by atoms with Gasteiger partial charge in [0.2, 0.25) is 0 Å². The molecule has 1 rings (SSSR count). The highest BCUT2D eigenvalue weighted by molar-refractivity contribution is 7.80. The van der Waals surface area contributed by atoms with E-state index in [9.17, 15) is 8.78 Å². The van der Waals surface area contributed by atoms with Crippen molar-refractivity contribution < 1.29 is 8.78 Å². The van der Waals surface area contributed by atoms with Crippen molar-refractivity contribution in [1.29, 1.82) is 0 Å². The van der Waals surface area contributed by atoms with E-state index in [1.54, 1.807) is 0 Å². The van der Waals surface area contributed by atoms with Crippen LogP contribution >= 0.6 is 12.2 Å². The van der Waals surface area contributed by atoms with Gasteiger partial charge < -0.3 is 5.73 Å². The number of halogens is 2. The summed E-state index contributed by atoms with van der Waals surface area (Å²) in [6.07, 6.45) is 1.79. The first-order chi connectivity index (χ1) is 5.04. The van der Waals surface area contributed by atoms with Crippen molar-refractivity contribution in [1.82, 2.24) is 0 Å². The van der Waals surface area contributed by atoms with Crippen molar-refractivity contribution in [2.45, 2.75) is 31.6 Å². The standard InChI is InChI=1S/C7H11F2NS/c8-7(9)4-2-1-3-5(7)6(10)11/h5H,1-4H2,(H2,10,11). The highest BCUT2D eigenvalue weighted by Crippen LogP contribution is 2.38. The fourth-order valence-corrected chi connectivity index (χ4v) is 1.74. The summed E-state index contributed by atoms with van der Waals surface area (Å²) in [4.78, 5) is -0.0327. The zero-order valence-corrected chi connectivity index (χ0v) is 6.96. The van der Waals surface area contributed by atoms with E-state index < -0.39 is 11.8 Å². The molecule has 1 unspecified atom stereocenters. The van der Waals surface area contributed by atoms with Crippen molar-refractivity contribution >= 4 is 17.2 Å². The predicted molar refractivity (Wildman–Crippen MR) is 43.7 cm³/mol. The minimum atomic E-state index is -2.65. The minimum Gasteiger partial charge on any atom is -0.393 e. The van der Waals surface area contributed by atoms with Crippen molar-refractivity contribution in [3.63, 3.8) is 0 Å². The van der Waals surface area contributed by atoms with E-state index in [2.05, 4.69) is 12.2 Å². The molecule has 1 atom stereocenters. The SMILES string of the molecule is NC(=S)C1CCCCC1(F)F. The molecule has 1 nitrogen and oxygen atoms in total. The van der Waals surface area contributed by atoms with Crippen molar-refractivity contribution in [3.05, 3.63) is 0 Å². The number of hydrogen-bond acceptors (Lipinski definition) is 1. The first kappa shape index (κ1) is 8.84. The largest absolute Gasteiger partial charge is 0.393 e. The van der Waals surface area contributed by atoms with E-state index in [-0.39, 0.29) is 11.4 Å². The lowest BCUT2D eigenvalue weighted by Gasteiger charge is -2.30. The Morgan fingerprint density at radius 3 is 2.45 bits per heavy atom. The van der Waals surface area contributed by atoms with Gasteiger partial charge in [-0.1, -0.05) is 18.6 Å². The van der Waals surface area contributed by atoms with Crippen LogP contribution in [0.15, 0.2) is 0 Å². The molecule has 0 radical (unpaired) electrons.